The van der Waals surface area contributed by atoms with E-state index in [-0.39, 0.29) is 5.69 Å². The Morgan fingerprint density at radius 2 is 1.87 bits per heavy atom. The number of benzene rings is 1. The number of phenolic OH excluding ortho intramolecular Hbond substituents is 1. The molecule has 2 aromatic rings. The van der Waals surface area contributed by atoms with Crippen molar-refractivity contribution < 1.29 is 14.3 Å². The van der Waals surface area contributed by atoms with Crippen molar-refractivity contribution in [3.63, 3.8) is 0 Å². The van der Waals surface area contributed by atoms with Gasteiger partial charge in [-0.05, 0) is 24.6 Å². The summed E-state index contributed by atoms with van der Waals surface area (Å²) in [7, 11) is 2.69. The van der Waals surface area contributed by atoms with Crippen LogP contribution in [0, 0.1) is 5.82 Å². The topological polar surface area (TPSA) is 93.3 Å². The summed E-state index contributed by atoms with van der Waals surface area (Å²) in [5.41, 5.74) is -0.876. The predicted octanol–water partition coefficient (Wildman–Crippen LogP) is 0.420. The smallest absolute Gasteiger partial charge is 0.331 e. The number of rotatable bonds is 3. The van der Waals surface area contributed by atoms with Gasteiger partial charge in [0.05, 0.1) is 6.04 Å². The summed E-state index contributed by atoms with van der Waals surface area (Å²) < 4.78 is 15.3. The molecule has 0 unspecified atom stereocenters. The maximum Gasteiger partial charge on any atom is 0.331 e. The number of nitrogens with zero attached hydrogens (tertiary/aromatic N) is 2. The second-order valence-corrected chi connectivity index (χ2v) is 5.17. The second-order valence-electron chi connectivity index (χ2n) is 5.17. The van der Waals surface area contributed by atoms with Crippen LogP contribution >= 0.6 is 0 Å². The van der Waals surface area contributed by atoms with Gasteiger partial charge in [-0.2, -0.15) is 0 Å². The van der Waals surface area contributed by atoms with E-state index >= 15 is 0 Å². The molecule has 23 heavy (non-hydrogen) atoms. The molecule has 1 atom stereocenters. The number of hydrogen-bond donors (Lipinski definition) is 2. The first kappa shape index (κ1) is 16.5. The van der Waals surface area contributed by atoms with Gasteiger partial charge in [-0.25, -0.2) is 9.18 Å². The van der Waals surface area contributed by atoms with Gasteiger partial charge in [0.1, 0.15) is 5.69 Å². The average molecular weight is 321 g/mol. The quantitative estimate of drug-likeness (QED) is 0.857. The molecule has 0 saturated heterocycles. The van der Waals surface area contributed by atoms with Crippen LogP contribution in [-0.2, 0) is 14.1 Å². The molecule has 0 fully saturated rings. The Kier molecular flexibility index (Phi) is 4.35. The largest absolute Gasteiger partial charge is 0.505 e. The highest BCUT2D eigenvalue weighted by Gasteiger charge is 2.17. The van der Waals surface area contributed by atoms with E-state index in [0.29, 0.717) is 5.56 Å². The lowest BCUT2D eigenvalue weighted by Gasteiger charge is -2.16. The van der Waals surface area contributed by atoms with Crippen LogP contribution in [0.4, 0.5) is 4.39 Å². The summed E-state index contributed by atoms with van der Waals surface area (Å²) in [5, 5.41) is 11.8. The highest BCUT2D eigenvalue weighted by molar-refractivity contribution is 5.92. The number of aromatic nitrogens is 2. The van der Waals surface area contributed by atoms with E-state index in [1.807, 2.05) is 0 Å². The van der Waals surface area contributed by atoms with Crippen molar-refractivity contribution in [3.8, 4) is 5.75 Å². The van der Waals surface area contributed by atoms with E-state index in [1.165, 1.54) is 26.2 Å². The Morgan fingerprint density at radius 3 is 2.48 bits per heavy atom. The number of hydrogen-bond acceptors (Lipinski definition) is 4. The summed E-state index contributed by atoms with van der Waals surface area (Å²) in [6.07, 6.45) is 0. The van der Waals surface area contributed by atoms with Gasteiger partial charge < -0.3 is 10.4 Å². The van der Waals surface area contributed by atoms with Crippen molar-refractivity contribution in [1.29, 1.82) is 0 Å². The van der Waals surface area contributed by atoms with Crippen molar-refractivity contribution in [2.24, 2.45) is 14.1 Å². The zero-order chi connectivity index (χ0) is 17.3. The van der Waals surface area contributed by atoms with Crippen molar-refractivity contribution in [1.82, 2.24) is 14.5 Å². The molecule has 0 aliphatic heterocycles. The van der Waals surface area contributed by atoms with Gasteiger partial charge in [-0.15, -0.1) is 0 Å². The first-order valence-corrected chi connectivity index (χ1v) is 6.78. The Morgan fingerprint density at radius 1 is 1.22 bits per heavy atom. The molecule has 0 saturated carbocycles. The number of amides is 1. The standard InChI is InChI=1S/C15H16FN3O4/c1-8(9-4-5-12(20)10(16)6-9)17-14(22)11-7-13(21)19(3)15(23)18(11)2/h4-8,20H,1-3H3,(H,17,22)/t8-/m1/s1. The van der Waals surface area contributed by atoms with Gasteiger partial charge in [-0.3, -0.25) is 18.7 Å². The molecule has 1 aromatic heterocycles. The Labute approximate surface area is 130 Å². The maximum absolute atomic E-state index is 13.4. The summed E-state index contributed by atoms with van der Waals surface area (Å²) in [6, 6.07) is 4.22. The maximum atomic E-state index is 13.4. The second kappa shape index (κ2) is 6.07. The molecule has 0 bridgehead atoms. The first-order valence-electron chi connectivity index (χ1n) is 6.78. The third-order valence-electron chi connectivity index (χ3n) is 3.58. The molecule has 0 radical (unpaired) electrons. The van der Waals surface area contributed by atoms with Gasteiger partial charge >= 0.3 is 5.69 Å². The molecule has 122 valence electrons. The van der Waals surface area contributed by atoms with Crippen LogP contribution in [0.1, 0.15) is 29.0 Å². The van der Waals surface area contributed by atoms with Gasteiger partial charge in [0.15, 0.2) is 11.6 Å². The molecular weight excluding hydrogens is 305 g/mol. The molecule has 2 N–H and O–H groups in total. The van der Waals surface area contributed by atoms with Gasteiger partial charge in [0, 0.05) is 20.2 Å². The fourth-order valence-corrected chi connectivity index (χ4v) is 2.10. The third kappa shape index (κ3) is 3.15. The summed E-state index contributed by atoms with van der Waals surface area (Å²) >= 11 is 0. The summed E-state index contributed by atoms with van der Waals surface area (Å²) in [4.78, 5) is 35.7. The minimum absolute atomic E-state index is 0.0933. The highest BCUT2D eigenvalue weighted by Crippen LogP contribution is 2.20. The molecule has 8 heteroatoms. The van der Waals surface area contributed by atoms with E-state index in [9.17, 15) is 23.9 Å². The van der Waals surface area contributed by atoms with Crippen LogP contribution in [-0.4, -0.2) is 20.1 Å². The van der Waals surface area contributed by atoms with Crippen molar-refractivity contribution >= 4 is 5.91 Å². The van der Waals surface area contributed by atoms with Crippen molar-refractivity contribution in [2.45, 2.75) is 13.0 Å². The van der Waals surface area contributed by atoms with Crippen LogP contribution in [0.2, 0.25) is 0 Å². The van der Waals surface area contributed by atoms with E-state index in [1.54, 1.807) is 6.92 Å². The monoisotopic (exact) mass is 321 g/mol. The zero-order valence-electron chi connectivity index (χ0n) is 12.8. The molecule has 0 spiro atoms. The van der Waals surface area contributed by atoms with E-state index in [2.05, 4.69) is 5.32 Å². The van der Waals surface area contributed by atoms with E-state index in [0.717, 1.165) is 21.3 Å². The molecule has 0 aliphatic rings. The average Bonchev–Trinajstić information content (AvgIpc) is 2.51. The lowest BCUT2D eigenvalue weighted by Crippen LogP contribution is -2.41. The normalized spacial score (nSPS) is 12.0. The van der Waals surface area contributed by atoms with Gasteiger partial charge in [0.2, 0.25) is 0 Å². The molecule has 1 amide bonds. The highest BCUT2D eigenvalue weighted by atomic mass is 19.1. The molecule has 7 nitrogen and oxygen atoms in total. The first-order chi connectivity index (χ1) is 10.7. The number of phenols is 1. The predicted molar refractivity (Wildman–Crippen MR) is 80.9 cm³/mol. The lowest BCUT2D eigenvalue weighted by atomic mass is 10.1. The molecule has 1 heterocycles. The fourth-order valence-electron chi connectivity index (χ4n) is 2.10. The molecule has 1 aromatic carbocycles. The molecule has 2 rings (SSSR count). The van der Waals surface area contributed by atoms with E-state index in [4.69, 9.17) is 0 Å². The van der Waals surface area contributed by atoms with Gasteiger partial charge in [-0.1, -0.05) is 6.07 Å². The minimum Gasteiger partial charge on any atom is -0.505 e. The Hall–Kier alpha value is -2.90. The summed E-state index contributed by atoms with van der Waals surface area (Å²) in [5.74, 6) is -1.92. The van der Waals surface area contributed by atoms with Crippen molar-refractivity contribution in [3.05, 3.63) is 62.2 Å². The van der Waals surface area contributed by atoms with Crippen LogP contribution in [0.15, 0.2) is 33.9 Å². The number of aromatic hydroxyl groups is 1. The minimum atomic E-state index is -0.801. The van der Waals surface area contributed by atoms with Crippen LogP contribution < -0.4 is 16.6 Å². The van der Waals surface area contributed by atoms with Gasteiger partial charge in [0.25, 0.3) is 11.5 Å². The van der Waals surface area contributed by atoms with Crippen LogP contribution in [0.3, 0.4) is 0 Å². The SMILES string of the molecule is C[C@@H](NC(=O)c1cc(=O)n(C)c(=O)n1C)c1ccc(O)c(F)c1. The zero-order valence-corrected chi connectivity index (χ0v) is 12.8. The third-order valence-corrected chi connectivity index (χ3v) is 3.58. The Balaban J connectivity index is 2.30. The number of halogens is 1. The Bertz CT molecular complexity index is 885. The summed E-state index contributed by atoms with van der Waals surface area (Å²) in [6.45, 7) is 1.61. The molecular formula is C15H16FN3O4. The number of carbonyl (C=O) groups excluding carboxylic acids is 1. The number of nitrogens with one attached hydrogen (secondary N) is 1. The van der Waals surface area contributed by atoms with Crippen LogP contribution in [0.5, 0.6) is 5.75 Å². The van der Waals surface area contributed by atoms with Crippen LogP contribution in [0.25, 0.3) is 0 Å². The van der Waals surface area contributed by atoms with Crippen molar-refractivity contribution in [2.75, 3.05) is 0 Å². The fraction of sp³-hybridized carbons (Fsp3) is 0.267. The lowest BCUT2D eigenvalue weighted by molar-refractivity contribution is 0.0929. The van der Waals surface area contributed by atoms with E-state index < -0.39 is 34.8 Å². The number of carbonyl (C=O) groups is 1. The molecule has 0 aliphatic carbocycles.